The van der Waals surface area contributed by atoms with E-state index in [1.165, 1.54) is 0 Å². The number of carbonyl (C=O) groups is 3. The van der Waals surface area contributed by atoms with Crippen molar-refractivity contribution in [2.75, 3.05) is 0 Å². The molecule has 1 aliphatic heterocycles. The Hall–Kier alpha value is -2.37. The number of ether oxygens (including phenoxy) is 1. The molecular formula is C12H12N2O4. The third kappa shape index (κ3) is 3.07. The average molecular weight is 248 g/mol. The summed E-state index contributed by atoms with van der Waals surface area (Å²) in [6, 6.07) is 7.58. The highest BCUT2D eigenvalue weighted by Gasteiger charge is 2.30. The van der Waals surface area contributed by atoms with Crippen molar-refractivity contribution in [2.24, 2.45) is 0 Å². The summed E-state index contributed by atoms with van der Waals surface area (Å²) in [5.74, 6) is -1.09. The second kappa shape index (κ2) is 5.31. The normalized spacial score (nSPS) is 18.8. The Morgan fingerprint density at radius 2 is 2.00 bits per heavy atom. The number of benzene rings is 1. The Balaban J connectivity index is 1.88. The van der Waals surface area contributed by atoms with Gasteiger partial charge >= 0.3 is 12.0 Å². The number of hydrogen-bond donors (Lipinski definition) is 2. The van der Waals surface area contributed by atoms with Crippen molar-refractivity contribution >= 4 is 17.9 Å². The van der Waals surface area contributed by atoms with Gasteiger partial charge in [-0.05, 0) is 5.56 Å². The Morgan fingerprint density at radius 3 is 2.67 bits per heavy atom. The molecule has 1 fully saturated rings. The number of amides is 3. The van der Waals surface area contributed by atoms with Gasteiger partial charge in [0.2, 0.25) is 5.91 Å². The fraction of sp³-hybridized carbons (Fsp3) is 0.250. The molecule has 1 aromatic carbocycles. The van der Waals surface area contributed by atoms with Crippen LogP contribution in [0.25, 0.3) is 0 Å². The number of imide groups is 1. The zero-order valence-electron chi connectivity index (χ0n) is 9.51. The predicted molar refractivity (Wildman–Crippen MR) is 61.3 cm³/mol. The molecule has 1 atom stereocenters. The lowest BCUT2D eigenvalue weighted by Gasteiger charge is -2.21. The third-order valence-corrected chi connectivity index (χ3v) is 2.46. The van der Waals surface area contributed by atoms with Crippen molar-refractivity contribution in [2.45, 2.75) is 19.1 Å². The second-order valence-corrected chi connectivity index (χ2v) is 3.87. The van der Waals surface area contributed by atoms with Crippen molar-refractivity contribution in [1.29, 1.82) is 0 Å². The van der Waals surface area contributed by atoms with Crippen LogP contribution in [0.4, 0.5) is 4.79 Å². The number of nitrogens with one attached hydrogen (secondary N) is 2. The van der Waals surface area contributed by atoms with Gasteiger partial charge in [0.1, 0.15) is 12.6 Å². The molecule has 0 spiro atoms. The molecule has 6 nitrogen and oxygen atoms in total. The molecule has 0 bridgehead atoms. The Kier molecular flexibility index (Phi) is 3.57. The summed E-state index contributed by atoms with van der Waals surface area (Å²) in [6.45, 7) is 0.119. The minimum Gasteiger partial charge on any atom is -0.459 e. The summed E-state index contributed by atoms with van der Waals surface area (Å²) in [5, 5.41) is 4.38. The predicted octanol–water partition coefficient (Wildman–Crippen LogP) is 0.328. The zero-order valence-corrected chi connectivity index (χ0v) is 9.51. The highest BCUT2D eigenvalue weighted by molar-refractivity contribution is 6.01. The van der Waals surface area contributed by atoms with Crippen LogP contribution in [0, 0.1) is 0 Å². The maximum Gasteiger partial charge on any atom is 0.329 e. The summed E-state index contributed by atoms with van der Waals surface area (Å²) in [5.41, 5.74) is 0.845. The minimum absolute atomic E-state index is 0.0979. The molecule has 94 valence electrons. The topological polar surface area (TPSA) is 84.5 Å². The van der Waals surface area contributed by atoms with Crippen molar-refractivity contribution in [3.8, 4) is 0 Å². The molecule has 3 amide bonds. The Bertz CT molecular complexity index is 456. The van der Waals surface area contributed by atoms with Gasteiger partial charge in [-0.15, -0.1) is 0 Å². The molecular weight excluding hydrogens is 236 g/mol. The van der Waals surface area contributed by atoms with Crippen LogP contribution in [-0.2, 0) is 20.9 Å². The van der Waals surface area contributed by atoms with Crippen LogP contribution in [-0.4, -0.2) is 23.9 Å². The number of urea groups is 1. The van der Waals surface area contributed by atoms with Crippen LogP contribution in [0.15, 0.2) is 30.3 Å². The van der Waals surface area contributed by atoms with E-state index in [0.717, 1.165) is 5.56 Å². The minimum atomic E-state index is -0.907. The Labute approximate surface area is 103 Å². The van der Waals surface area contributed by atoms with Gasteiger partial charge in [0.25, 0.3) is 0 Å². The summed E-state index contributed by atoms with van der Waals surface area (Å²) in [7, 11) is 0. The van der Waals surface area contributed by atoms with Crippen molar-refractivity contribution in [3.63, 3.8) is 0 Å². The first-order valence-electron chi connectivity index (χ1n) is 5.46. The second-order valence-electron chi connectivity index (χ2n) is 3.87. The molecule has 1 aliphatic rings. The van der Waals surface area contributed by atoms with E-state index in [9.17, 15) is 14.4 Å². The van der Waals surface area contributed by atoms with Gasteiger partial charge in [0.05, 0.1) is 6.42 Å². The largest absolute Gasteiger partial charge is 0.459 e. The molecule has 0 saturated carbocycles. The summed E-state index contributed by atoms with van der Waals surface area (Å²) in [4.78, 5) is 33.7. The van der Waals surface area contributed by atoms with E-state index in [0.29, 0.717) is 0 Å². The molecule has 2 N–H and O–H groups in total. The fourth-order valence-corrected chi connectivity index (χ4v) is 1.58. The third-order valence-electron chi connectivity index (χ3n) is 2.46. The summed E-state index contributed by atoms with van der Waals surface area (Å²) in [6.07, 6.45) is -0.0979. The SMILES string of the molecule is O=C1CC(C(=O)OCc2ccccc2)NC(=O)N1. The molecule has 0 aromatic heterocycles. The van der Waals surface area contributed by atoms with E-state index < -0.39 is 23.9 Å². The van der Waals surface area contributed by atoms with Crippen molar-refractivity contribution in [1.82, 2.24) is 10.6 Å². The van der Waals surface area contributed by atoms with Crippen LogP contribution in [0.1, 0.15) is 12.0 Å². The van der Waals surface area contributed by atoms with E-state index in [4.69, 9.17) is 4.74 Å². The molecule has 0 aliphatic carbocycles. The highest BCUT2D eigenvalue weighted by atomic mass is 16.5. The number of carbonyl (C=O) groups excluding carboxylic acids is 3. The maximum atomic E-state index is 11.6. The Morgan fingerprint density at radius 1 is 1.28 bits per heavy atom. The van der Waals surface area contributed by atoms with Crippen LogP contribution in [0.2, 0.25) is 0 Å². The van der Waals surface area contributed by atoms with Gasteiger partial charge in [0.15, 0.2) is 0 Å². The standard InChI is InChI=1S/C12H12N2O4/c15-10-6-9(13-12(17)14-10)11(16)18-7-8-4-2-1-3-5-8/h1-5,9H,6-7H2,(H2,13,14,15,17). The lowest BCUT2D eigenvalue weighted by atomic mass is 10.1. The molecule has 1 saturated heterocycles. The van der Waals surface area contributed by atoms with Gasteiger partial charge in [-0.25, -0.2) is 9.59 Å². The van der Waals surface area contributed by atoms with Gasteiger partial charge in [-0.1, -0.05) is 30.3 Å². The molecule has 6 heteroatoms. The molecule has 2 rings (SSSR count). The average Bonchev–Trinajstić information content (AvgIpc) is 2.36. The van der Waals surface area contributed by atoms with Crippen LogP contribution < -0.4 is 10.6 Å². The smallest absolute Gasteiger partial charge is 0.329 e. The zero-order chi connectivity index (χ0) is 13.0. The van der Waals surface area contributed by atoms with E-state index in [2.05, 4.69) is 5.32 Å². The van der Waals surface area contributed by atoms with Crippen LogP contribution in [0.5, 0.6) is 0 Å². The van der Waals surface area contributed by atoms with E-state index in [1.807, 2.05) is 35.6 Å². The first kappa shape index (κ1) is 12.1. The van der Waals surface area contributed by atoms with Gasteiger partial charge in [0, 0.05) is 0 Å². The summed E-state index contributed by atoms with van der Waals surface area (Å²) < 4.78 is 5.03. The van der Waals surface area contributed by atoms with E-state index >= 15 is 0 Å². The molecule has 1 aromatic rings. The fourth-order valence-electron chi connectivity index (χ4n) is 1.58. The first-order valence-corrected chi connectivity index (χ1v) is 5.46. The molecule has 18 heavy (non-hydrogen) atoms. The quantitative estimate of drug-likeness (QED) is 0.755. The lowest BCUT2D eigenvalue weighted by molar-refractivity contribution is -0.149. The number of esters is 1. The molecule has 0 radical (unpaired) electrons. The van der Waals surface area contributed by atoms with Crippen LogP contribution in [0.3, 0.4) is 0 Å². The summed E-state index contributed by atoms with van der Waals surface area (Å²) >= 11 is 0. The van der Waals surface area contributed by atoms with Crippen LogP contribution >= 0.6 is 0 Å². The first-order chi connectivity index (χ1) is 8.65. The van der Waals surface area contributed by atoms with Gasteiger partial charge in [-0.3, -0.25) is 10.1 Å². The van der Waals surface area contributed by atoms with Crippen molar-refractivity contribution < 1.29 is 19.1 Å². The van der Waals surface area contributed by atoms with Gasteiger partial charge < -0.3 is 10.1 Å². The van der Waals surface area contributed by atoms with E-state index in [1.54, 1.807) is 0 Å². The maximum absolute atomic E-state index is 11.6. The molecule has 1 unspecified atom stereocenters. The number of hydrogen-bond acceptors (Lipinski definition) is 4. The lowest BCUT2D eigenvalue weighted by Crippen LogP contribution is -2.55. The highest BCUT2D eigenvalue weighted by Crippen LogP contribution is 2.05. The van der Waals surface area contributed by atoms with Crippen molar-refractivity contribution in [3.05, 3.63) is 35.9 Å². The molecule has 1 heterocycles. The monoisotopic (exact) mass is 248 g/mol. The van der Waals surface area contributed by atoms with E-state index in [-0.39, 0.29) is 13.0 Å². The van der Waals surface area contributed by atoms with Gasteiger partial charge in [-0.2, -0.15) is 0 Å². The number of rotatable bonds is 3.